The molecule has 0 aliphatic carbocycles. The Labute approximate surface area is 107 Å². The first kappa shape index (κ1) is 12.7. The lowest BCUT2D eigenvalue weighted by molar-refractivity contribution is 0.597. The molecule has 0 spiro atoms. The highest BCUT2D eigenvalue weighted by molar-refractivity contribution is 5.18. The number of aromatic nitrogens is 1. The summed E-state index contributed by atoms with van der Waals surface area (Å²) in [5.74, 6) is -0.128. The highest BCUT2D eigenvalue weighted by Crippen LogP contribution is 2.06. The minimum absolute atomic E-state index is 0.128. The number of hydrogen-bond acceptors (Lipinski definition) is 2. The Hall–Kier alpha value is -1.74. The predicted octanol–water partition coefficient (Wildman–Crippen LogP) is 2.86. The highest BCUT2D eigenvalue weighted by atomic mass is 19.1. The Kier molecular flexibility index (Phi) is 4.42. The molecule has 2 aromatic rings. The van der Waals surface area contributed by atoms with Gasteiger partial charge >= 0.3 is 0 Å². The number of hydrogen-bond donors (Lipinski definition) is 1. The van der Waals surface area contributed by atoms with E-state index >= 15 is 0 Å². The summed E-state index contributed by atoms with van der Waals surface area (Å²) in [5.41, 5.74) is 3.07. The first-order valence-corrected chi connectivity index (χ1v) is 6.10. The number of rotatable bonds is 5. The van der Waals surface area contributed by atoms with Crippen LogP contribution in [0.25, 0.3) is 0 Å². The van der Waals surface area contributed by atoms with Crippen LogP contribution in [0.3, 0.4) is 0 Å². The van der Waals surface area contributed by atoms with Gasteiger partial charge < -0.3 is 5.32 Å². The van der Waals surface area contributed by atoms with Crippen LogP contribution in [-0.4, -0.2) is 11.5 Å². The zero-order chi connectivity index (χ0) is 12.8. The molecule has 1 heterocycles. The monoisotopic (exact) mass is 244 g/mol. The maximum Gasteiger partial charge on any atom is 0.126 e. The van der Waals surface area contributed by atoms with Crippen molar-refractivity contribution in [2.24, 2.45) is 0 Å². The van der Waals surface area contributed by atoms with Crippen molar-refractivity contribution in [3.05, 3.63) is 65.2 Å². The molecule has 94 valence electrons. The van der Waals surface area contributed by atoms with Gasteiger partial charge in [-0.3, -0.25) is 4.98 Å². The van der Waals surface area contributed by atoms with Crippen molar-refractivity contribution in [2.75, 3.05) is 6.54 Å². The Bertz CT molecular complexity index is 511. The van der Waals surface area contributed by atoms with Gasteiger partial charge in [0.25, 0.3) is 0 Å². The first-order valence-electron chi connectivity index (χ1n) is 6.10. The van der Waals surface area contributed by atoms with Crippen LogP contribution in [-0.2, 0) is 13.0 Å². The lowest BCUT2D eigenvalue weighted by Gasteiger charge is -2.06. The molecule has 0 atom stereocenters. The number of pyridine rings is 1. The third-order valence-corrected chi connectivity index (χ3v) is 2.79. The van der Waals surface area contributed by atoms with Crippen molar-refractivity contribution >= 4 is 0 Å². The van der Waals surface area contributed by atoms with Gasteiger partial charge in [-0.25, -0.2) is 4.39 Å². The van der Waals surface area contributed by atoms with Crippen molar-refractivity contribution < 1.29 is 4.39 Å². The second-order valence-corrected chi connectivity index (χ2v) is 4.39. The molecule has 18 heavy (non-hydrogen) atoms. The van der Waals surface area contributed by atoms with E-state index in [1.165, 1.54) is 6.07 Å². The van der Waals surface area contributed by atoms with E-state index in [4.69, 9.17) is 0 Å². The normalized spacial score (nSPS) is 10.6. The van der Waals surface area contributed by atoms with Gasteiger partial charge in [0, 0.05) is 18.9 Å². The van der Waals surface area contributed by atoms with E-state index < -0.39 is 0 Å². The smallest absolute Gasteiger partial charge is 0.126 e. The maximum absolute atomic E-state index is 13.4. The third-order valence-electron chi connectivity index (χ3n) is 2.79. The molecule has 0 saturated carbocycles. The van der Waals surface area contributed by atoms with Crippen molar-refractivity contribution in [2.45, 2.75) is 19.9 Å². The maximum atomic E-state index is 13.4. The average Bonchev–Trinajstić information content (AvgIpc) is 2.37. The van der Waals surface area contributed by atoms with Crippen LogP contribution in [0.15, 0.2) is 42.7 Å². The molecule has 1 aromatic carbocycles. The molecule has 1 N–H and O–H groups in total. The summed E-state index contributed by atoms with van der Waals surface area (Å²) in [6.45, 7) is 3.55. The summed E-state index contributed by atoms with van der Waals surface area (Å²) in [7, 11) is 0. The minimum atomic E-state index is -0.128. The fraction of sp³-hybridized carbons (Fsp3) is 0.267. The Morgan fingerprint density at radius 3 is 2.83 bits per heavy atom. The van der Waals surface area contributed by atoms with Crippen molar-refractivity contribution in [3.63, 3.8) is 0 Å². The summed E-state index contributed by atoms with van der Waals surface area (Å²) in [4.78, 5) is 4.14. The summed E-state index contributed by atoms with van der Waals surface area (Å²) in [5, 5.41) is 3.30. The molecule has 0 amide bonds. The van der Waals surface area contributed by atoms with Crippen LogP contribution in [0.1, 0.15) is 16.7 Å². The van der Waals surface area contributed by atoms with E-state index in [9.17, 15) is 4.39 Å². The molecule has 0 radical (unpaired) electrons. The van der Waals surface area contributed by atoms with Gasteiger partial charge in [0.05, 0.1) is 0 Å². The number of benzene rings is 1. The van der Waals surface area contributed by atoms with E-state index in [0.717, 1.165) is 29.8 Å². The molecule has 0 aliphatic heterocycles. The highest BCUT2D eigenvalue weighted by Gasteiger charge is 2.00. The molecule has 3 heteroatoms. The molecule has 0 bridgehead atoms. The fourth-order valence-electron chi connectivity index (χ4n) is 1.87. The molecular weight excluding hydrogens is 227 g/mol. The molecule has 2 nitrogen and oxygen atoms in total. The van der Waals surface area contributed by atoms with Gasteiger partial charge in [0.15, 0.2) is 0 Å². The number of halogens is 1. The third kappa shape index (κ3) is 3.64. The number of aryl methyl sites for hydroxylation is 1. The summed E-state index contributed by atoms with van der Waals surface area (Å²) < 4.78 is 13.4. The van der Waals surface area contributed by atoms with E-state index in [0.29, 0.717) is 6.42 Å². The van der Waals surface area contributed by atoms with Gasteiger partial charge in [-0.15, -0.1) is 0 Å². The molecule has 2 rings (SSSR count). The summed E-state index contributed by atoms with van der Waals surface area (Å²) in [6.07, 6.45) is 4.39. The van der Waals surface area contributed by atoms with E-state index in [-0.39, 0.29) is 5.82 Å². The minimum Gasteiger partial charge on any atom is -0.312 e. The zero-order valence-corrected chi connectivity index (χ0v) is 10.5. The lowest BCUT2D eigenvalue weighted by Crippen LogP contribution is -2.17. The number of nitrogens with one attached hydrogen (secondary N) is 1. The van der Waals surface area contributed by atoms with Gasteiger partial charge in [0.2, 0.25) is 0 Å². The second-order valence-electron chi connectivity index (χ2n) is 4.39. The molecule has 0 fully saturated rings. The van der Waals surface area contributed by atoms with Crippen LogP contribution in [0.4, 0.5) is 4.39 Å². The van der Waals surface area contributed by atoms with Crippen molar-refractivity contribution in [1.29, 1.82) is 0 Å². The standard InChI is InChI=1S/C15H17FN2/c1-12-8-13(11-18-9-12)10-17-7-6-14-4-2-3-5-15(14)16/h2-5,8-9,11,17H,6-7,10H2,1H3. The molecular formula is C15H17FN2. The van der Waals surface area contributed by atoms with Gasteiger partial charge in [-0.2, -0.15) is 0 Å². The first-order chi connectivity index (χ1) is 8.75. The molecule has 0 unspecified atom stereocenters. The summed E-state index contributed by atoms with van der Waals surface area (Å²) in [6, 6.07) is 9.00. The Balaban J connectivity index is 1.78. The zero-order valence-electron chi connectivity index (χ0n) is 10.5. The molecule has 1 aromatic heterocycles. The summed E-state index contributed by atoms with van der Waals surface area (Å²) >= 11 is 0. The van der Waals surface area contributed by atoms with E-state index in [2.05, 4.69) is 16.4 Å². The van der Waals surface area contributed by atoms with Gasteiger partial charge in [0.1, 0.15) is 5.82 Å². The van der Waals surface area contributed by atoms with Crippen LogP contribution >= 0.6 is 0 Å². The van der Waals surface area contributed by atoms with Gasteiger partial charge in [-0.1, -0.05) is 24.3 Å². The Morgan fingerprint density at radius 2 is 2.06 bits per heavy atom. The SMILES string of the molecule is Cc1cncc(CNCCc2ccccc2F)c1. The fourth-order valence-corrected chi connectivity index (χ4v) is 1.87. The molecule has 0 saturated heterocycles. The largest absolute Gasteiger partial charge is 0.312 e. The molecule has 0 aliphatic rings. The van der Waals surface area contributed by atoms with Crippen molar-refractivity contribution in [3.8, 4) is 0 Å². The quantitative estimate of drug-likeness (QED) is 0.818. The second kappa shape index (κ2) is 6.26. The van der Waals surface area contributed by atoms with Gasteiger partial charge in [-0.05, 0) is 42.6 Å². The average molecular weight is 244 g/mol. The Morgan fingerprint density at radius 1 is 1.22 bits per heavy atom. The topological polar surface area (TPSA) is 24.9 Å². The van der Waals surface area contributed by atoms with Crippen molar-refractivity contribution in [1.82, 2.24) is 10.3 Å². The van der Waals surface area contributed by atoms with E-state index in [1.54, 1.807) is 6.07 Å². The van der Waals surface area contributed by atoms with Crippen LogP contribution in [0.5, 0.6) is 0 Å². The van der Waals surface area contributed by atoms with Crippen LogP contribution < -0.4 is 5.32 Å². The van der Waals surface area contributed by atoms with Crippen LogP contribution in [0.2, 0.25) is 0 Å². The van der Waals surface area contributed by atoms with Crippen LogP contribution in [0, 0.1) is 12.7 Å². The van der Waals surface area contributed by atoms with E-state index in [1.807, 2.05) is 31.5 Å². The predicted molar refractivity (Wildman–Crippen MR) is 70.8 cm³/mol. The number of nitrogens with zero attached hydrogens (tertiary/aromatic N) is 1. The lowest BCUT2D eigenvalue weighted by atomic mass is 10.1.